The van der Waals surface area contributed by atoms with E-state index >= 15 is 0 Å². The predicted molar refractivity (Wildman–Crippen MR) is 503 cm³/mol. The second-order valence-electron chi connectivity index (χ2n) is 32.8. The quantitative estimate of drug-likeness (QED) is 0.0310. The van der Waals surface area contributed by atoms with E-state index in [1.165, 1.54) is 103 Å². The van der Waals surface area contributed by atoms with Gasteiger partial charge in [0.15, 0.2) is 0 Å². The van der Waals surface area contributed by atoms with E-state index in [-0.39, 0.29) is 256 Å². The Bertz CT molecular complexity index is 2640. The van der Waals surface area contributed by atoms with Gasteiger partial charge in [0.1, 0.15) is 79.3 Å². The SMILES string of the molecule is CCCCCCCCSCC(C)C(=O)OCCOC(=O)CCN(CCC(=O)OCCOC(=O)C(C)CC)CCN(CCN(CCC(=O)OCCOC(=O)C(C)CC)CCC(=O)OCCOC(=O)C(C)CSCCCCCCCC)CCN(CCC(=O)OCCOC(=O)C(C)CSCCCCCCCC)CCC(=O)OCCOC(=O)C(C)CSCCCCCCCC. The fourth-order valence-electron chi connectivity index (χ4n) is 12.3. The predicted octanol–water partition coefficient (Wildman–Crippen LogP) is 16.1. The normalized spacial score (nSPS) is 12.9. The first-order chi connectivity index (χ1) is 60.8. The molecule has 32 heteroatoms. The fraction of sp³-hybridized carbons (Fsp3) is 0.872. The second kappa shape index (κ2) is 85.4. The first kappa shape index (κ1) is 121. The number of nitrogens with zero attached hydrogens (tertiary/aromatic N) is 4. The van der Waals surface area contributed by atoms with Gasteiger partial charge in [0.2, 0.25) is 0 Å². The van der Waals surface area contributed by atoms with Gasteiger partial charge in [0.05, 0.1) is 74.0 Å². The van der Waals surface area contributed by atoms with E-state index in [2.05, 4.69) is 32.6 Å². The molecule has 0 aliphatic rings. The van der Waals surface area contributed by atoms with Gasteiger partial charge in [-0.3, -0.25) is 62.4 Å². The molecule has 0 aromatic rings. The lowest BCUT2D eigenvalue weighted by molar-refractivity contribution is -0.155. The van der Waals surface area contributed by atoms with Crippen molar-refractivity contribution in [3.05, 3.63) is 0 Å². The molecule has 0 rings (SSSR count). The molecule has 0 aromatic carbocycles. The van der Waals surface area contributed by atoms with Gasteiger partial charge in [-0.2, -0.15) is 47.0 Å². The molecule has 0 saturated heterocycles. The van der Waals surface area contributed by atoms with Gasteiger partial charge >= 0.3 is 71.6 Å². The van der Waals surface area contributed by atoms with Gasteiger partial charge in [-0.1, -0.05) is 212 Å². The molecule has 0 aromatic heterocycles. The highest BCUT2D eigenvalue weighted by Gasteiger charge is 2.25. The van der Waals surface area contributed by atoms with E-state index in [0.29, 0.717) is 35.9 Å². The lowest BCUT2D eigenvalue weighted by Gasteiger charge is -2.32. The van der Waals surface area contributed by atoms with Crippen LogP contribution in [-0.4, -0.2) is 295 Å². The largest absolute Gasteiger partial charge is 0.462 e. The van der Waals surface area contributed by atoms with Gasteiger partial charge in [-0.15, -0.1) is 0 Å². The van der Waals surface area contributed by atoms with Gasteiger partial charge in [0, 0.05) is 102 Å². The van der Waals surface area contributed by atoms with E-state index in [0.717, 1.165) is 74.4 Å². The van der Waals surface area contributed by atoms with Crippen LogP contribution in [-0.2, 0) is 114 Å². The van der Waals surface area contributed by atoms with Crippen LogP contribution in [0.1, 0.15) is 289 Å². The molecule has 0 aliphatic carbocycles. The van der Waals surface area contributed by atoms with E-state index in [9.17, 15) is 57.5 Å². The van der Waals surface area contributed by atoms with Crippen LogP contribution in [0.25, 0.3) is 0 Å². The molecule has 126 heavy (non-hydrogen) atoms. The summed E-state index contributed by atoms with van der Waals surface area (Å²) in [5.41, 5.74) is 0. The molecular formula is C94H170N4O24S4. The number of ether oxygens (including phenoxy) is 12. The van der Waals surface area contributed by atoms with Crippen molar-refractivity contribution in [2.75, 3.05) is 204 Å². The number of carbonyl (C=O) groups is 12. The van der Waals surface area contributed by atoms with Crippen molar-refractivity contribution < 1.29 is 114 Å². The number of unbranched alkanes of at least 4 members (excludes halogenated alkanes) is 20. The highest BCUT2D eigenvalue weighted by Crippen LogP contribution is 2.20. The highest BCUT2D eigenvalue weighted by molar-refractivity contribution is 7.99. The zero-order chi connectivity index (χ0) is 93.3. The minimum absolute atomic E-state index is 0.103. The molecule has 0 radical (unpaired) electrons. The summed E-state index contributed by atoms with van der Waals surface area (Å²) >= 11 is 6.88. The monoisotopic (exact) mass is 1870 g/mol. The van der Waals surface area contributed by atoms with Crippen LogP contribution in [0.4, 0.5) is 0 Å². The number of carbonyl (C=O) groups excluding carboxylic acids is 12. The Morgan fingerprint density at radius 2 is 0.349 bits per heavy atom. The summed E-state index contributed by atoms with van der Waals surface area (Å²) in [4.78, 5) is 166. The third-order valence-corrected chi connectivity index (χ3v) is 26.5. The van der Waals surface area contributed by atoms with Crippen molar-refractivity contribution in [3.63, 3.8) is 0 Å². The summed E-state index contributed by atoms with van der Waals surface area (Å²) in [6.07, 6.45) is 28.8. The van der Waals surface area contributed by atoms with Crippen molar-refractivity contribution in [1.82, 2.24) is 19.6 Å². The van der Waals surface area contributed by atoms with Crippen LogP contribution in [0.2, 0.25) is 0 Å². The zero-order valence-electron chi connectivity index (χ0n) is 79.9. The van der Waals surface area contributed by atoms with Crippen LogP contribution in [0.15, 0.2) is 0 Å². The van der Waals surface area contributed by atoms with Crippen molar-refractivity contribution >= 4 is 119 Å². The molecule has 6 unspecified atom stereocenters. The first-order valence-electron chi connectivity index (χ1n) is 48.0. The molecular weight excluding hydrogens is 1700 g/mol. The Morgan fingerprint density at radius 3 is 0.524 bits per heavy atom. The van der Waals surface area contributed by atoms with Crippen LogP contribution < -0.4 is 0 Å². The first-order valence-corrected chi connectivity index (χ1v) is 52.6. The molecule has 734 valence electrons. The Kier molecular flexibility index (Phi) is 81.9. The van der Waals surface area contributed by atoms with Gasteiger partial charge < -0.3 is 71.5 Å². The van der Waals surface area contributed by atoms with Crippen molar-refractivity contribution in [2.24, 2.45) is 35.5 Å². The molecule has 0 bridgehead atoms. The summed E-state index contributed by atoms with van der Waals surface area (Å²) in [6.45, 7) is 23.5. The third kappa shape index (κ3) is 73.5. The van der Waals surface area contributed by atoms with Crippen LogP contribution >= 0.6 is 47.0 Å². The molecule has 0 spiro atoms. The topological polar surface area (TPSA) is 329 Å². The lowest BCUT2D eigenvalue weighted by atomic mass is 10.1. The summed E-state index contributed by atoms with van der Waals surface area (Å²) in [5.74, 6) is -1.63. The Balaban J connectivity index is 7.29. The molecule has 0 heterocycles. The molecule has 0 N–H and O–H groups in total. The van der Waals surface area contributed by atoms with Crippen LogP contribution in [0.3, 0.4) is 0 Å². The third-order valence-electron chi connectivity index (χ3n) is 21.2. The van der Waals surface area contributed by atoms with Crippen molar-refractivity contribution in [3.8, 4) is 0 Å². The molecule has 0 amide bonds. The number of esters is 12. The minimum atomic E-state index is -0.583. The maximum atomic E-state index is 13.6. The summed E-state index contributed by atoms with van der Waals surface area (Å²) in [5, 5.41) is 0. The molecule has 28 nitrogen and oxygen atoms in total. The minimum Gasteiger partial charge on any atom is -0.462 e. The van der Waals surface area contributed by atoms with E-state index in [1.54, 1.807) is 60.9 Å². The fourth-order valence-corrected chi connectivity index (χ4v) is 16.6. The molecule has 6 atom stereocenters. The highest BCUT2D eigenvalue weighted by atomic mass is 32.2. The van der Waals surface area contributed by atoms with E-state index in [1.807, 2.05) is 56.2 Å². The Hall–Kier alpha value is -5.12. The van der Waals surface area contributed by atoms with Crippen LogP contribution in [0.5, 0.6) is 0 Å². The Labute approximate surface area is 776 Å². The van der Waals surface area contributed by atoms with E-state index < -0.39 is 47.8 Å². The summed E-state index contributed by atoms with van der Waals surface area (Å²) in [6, 6.07) is 0. The number of hydrogen-bond acceptors (Lipinski definition) is 32. The maximum absolute atomic E-state index is 13.6. The second-order valence-corrected chi connectivity index (χ2v) is 37.4. The molecule has 0 saturated carbocycles. The van der Waals surface area contributed by atoms with Crippen molar-refractivity contribution in [1.29, 1.82) is 0 Å². The maximum Gasteiger partial charge on any atom is 0.309 e. The standard InChI is InChI=1S/C94H170N4O24S4/c1-13-19-23-27-31-35-69-123-73-79(9)91(107)119-65-59-113-85(101)41-47-95(45-39-83(99)111-57-63-117-89(105)77(7)17-5)51-54-98(55-52-96(46-40-84(100)112-58-64-118-90(106)78(8)18-6)48-42-86(102)114-60-66-120-92(108)80(10)74-124-70-36-32-28-24-20-14-2)56-53-97(49-43-87(103)115-61-67-121-93(109)81(11)75-125-71-37-33-29-25-21-15-3)50-44-88(104)116-62-68-122-94(110)82(12)76-126-72-38-34-30-26-22-16-4/h77-82H,13-76H2,1-12H3. The number of hydrogen-bond donors (Lipinski definition) is 0. The van der Waals surface area contributed by atoms with Gasteiger partial charge in [-0.25, -0.2) is 0 Å². The smallest absolute Gasteiger partial charge is 0.309 e. The molecule has 0 aliphatic heterocycles. The van der Waals surface area contributed by atoms with Crippen molar-refractivity contribution in [2.45, 2.75) is 289 Å². The summed E-state index contributed by atoms with van der Waals surface area (Å²) < 4.78 is 66.1. The molecule has 0 fully saturated rings. The van der Waals surface area contributed by atoms with Gasteiger partial charge in [-0.05, 0) is 61.5 Å². The lowest BCUT2D eigenvalue weighted by Crippen LogP contribution is -2.45. The van der Waals surface area contributed by atoms with Crippen LogP contribution in [0, 0.1) is 35.5 Å². The zero-order valence-corrected chi connectivity index (χ0v) is 83.2. The number of rotatable bonds is 89. The van der Waals surface area contributed by atoms with E-state index in [4.69, 9.17) is 56.8 Å². The summed E-state index contributed by atoms with van der Waals surface area (Å²) in [7, 11) is 0. The average molecular weight is 1870 g/mol. The number of thioether (sulfide) groups is 4. The average Bonchev–Trinajstić information content (AvgIpc) is 0.915. The van der Waals surface area contributed by atoms with Gasteiger partial charge in [0.25, 0.3) is 0 Å². The Morgan fingerprint density at radius 1 is 0.198 bits per heavy atom.